The van der Waals surface area contributed by atoms with Crippen LogP contribution in [0.25, 0.3) is 0 Å². The van der Waals surface area contributed by atoms with Crippen molar-refractivity contribution in [3.05, 3.63) is 29.8 Å². The Morgan fingerprint density at radius 1 is 1.16 bits per heavy atom. The van der Waals surface area contributed by atoms with Crippen molar-refractivity contribution in [1.29, 1.82) is 0 Å². The second-order valence-corrected chi connectivity index (χ2v) is 7.58. The Morgan fingerprint density at radius 2 is 1.80 bits per heavy atom. The van der Waals surface area contributed by atoms with Gasteiger partial charge in [0.2, 0.25) is 15.9 Å². The molecule has 0 heterocycles. The van der Waals surface area contributed by atoms with Gasteiger partial charge in [-0.05, 0) is 25.5 Å². The number of unbranched alkanes of at least 4 members (excludes halogenated alkanes) is 1. The predicted molar refractivity (Wildman–Crippen MR) is 97.1 cm³/mol. The van der Waals surface area contributed by atoms with Crippen molar-refractivity contribution in [3.8, 4) is 0 Å². The maximum atomic E-state index is 12.4. The van der Waals surface area contributed by atoms with Crippen LogP contribution in [-0.2, 0) is 19.6 Å². The monoisotopic (exact) mass is 370 g/mol. The third-order valence-corrected chi connectivity index (χ3v) is 4.75. The van der Waals surface area contributed by atoms with Crippen molar-refractivity contribution in [1.82, 2.24) is 4.90 Å². The van der Waals surface area contributed by atoms with Gasteiger partial charge in [0.25, 0.3) is 0 Å². The molecule has 1 aromatic rings. The SMILES string of the molecule is CCCCN(C)C(=O)CN(c1ccccc1C(=O)OCC)S(C)(=O)=O. The van der Waals surface area contributed by atoms with Crippen LogP contribution >= 0.6 is 0 Å². The maximum Gasteiger partial charge on any atom is 0.340 e. The van der Waals surface area contributed by atoms with Gasteiger partial charge in [0.05, 0.1) is 24.1 Å². The number of anilines is 1. The molecule has 0 bridgehead atoms. The van der Waals surface area contributed by atoms with Crippen molar-refractivity contribution >= 4 is 27.6 Å². The highest BCUT2D eigenvalue weighted by atomic mass is 32.2. The van der Waals surface area contributed by atoms with Gasteiger partial charge in [0, 0.05) is 13.6 Å². The van der Waals surface area contributed by atoms with Gasteiger partial charge in [-0.15, -0.1) is 0 Å². The topological polar surface area (TPSA) is 84.0 Å². The van der Waals surface area contributed by atoms with Crippen LogP contribution in [-0.4, -0.2) is 58.2 Å². The first-order valence-corrected chi connectivity index (χ1v) is 10.0. The quantitative estimate of drug-likeness (QED) is 0.620. The molecule has 0 aromatic heterocycles. The van der Waals surface area contributed by atoms with E-state index in [0.717, 1.165) is 23.4 Å². The highest BCUT2D eigenvalue weighted by Crippen LogP contribution is 2.24. The molecule has 0 saturated carbocycles. The lowest BCUT2D eigenvalue weighted by molar-refractivity contribution is -0.128. The molecule has 1 aromatic carbocycles. The Hall–Kier alpha value is -2.09. The smallest absolute Gasteiger partial charge is 0.340 e. The Bertz CT molecular complexity index is 703. The van der Waals surface area contributed by atoms with Gasteiger partial charge in [-0.25, -0.2) is 13.2 Å². The largest absolute Gasteiger partial charge is 0.462 e. The second-order valence-electron chi connectivity index (χ2n) is 5.68. The lowest BCUT2D eigenvalue weighted by atomic mass is 10.2. The molecule has 8 heteroatoms. The third kappa shape index (κ3) is 6.04. The number of esters is 1. The zero-order valence-electron chi connectivity index (χ0n) is 15.2. The fourth-order valence-corrected chi connectivity index (χ4v) is 3.08. The summed E-state index contributed by atoms with van der Waals surface area (Å²) in [6.45, 7) is 4.03. The Morgan fingerprint density at radius 3 is 2.36 bits per heavy atom. The molecule has 0 radical (unpaired) electrons. The lowest BCUT2D eigenvalue weighted by Crippen LogP contribution is -2.42. The molecule has 0 atom stereocenters. The summed E-state index contributed by atoms with van der Waals surface area (Å²) in [6.07, 6.45) is 2.77. The van der Waals surface area contributed by atoms with Crippen LogP contribution in [0, 0.1) is 0 Å². The summed E-state index contributed by atoms with van der Waals surface area (Å²) < 4.78 is 30.4. The molecule has 7 nitrogen and oxygen atoms in total. The van der Waals surface area contributed by atoms with Crippen molar-refractivity contribution in [2.75, 3.05) is 37.3 Å². The molecule has 0 aliphatic heterocycles. The van der Waals surface area contributed by atoms with Crippen LogP contribution in [0.1, 0.15) is 37.0 Å². The third-order valence-electron chi connectivity index (χ3n) is 3.62. The number of amides is 1. The number of carbonyl (C=O) groups excluding carboxylic acids is 2. The molecule has 1 rings (SSSR count). The minimum atomic E-state index is -3.76. The fraction of sp³-hybridized carbons (Fsp3) is 0.529. The first-order chi connectivity index (χ1) is 11.7. The zero-order chi connectivity index (χ0) is 19.0. The predicted octanol–water partition coefficient (Wildman–Crippen LogP) is 1.89. The molecule has 0 unspecified atom stereocenters. The maximum absolute atomic E-state index is 12.4. The van der Waals surface area contributed by atoms with E-state index in [1.807, 2.05) is 6.92 Å². The highest BCUT2D eigenvalue weighted by Gasteiger charge is 2.26. The van der Waals surface area contributed by atoms with E-state index in [2.05, 4.69) is 0 Å². The molecule has 0 fully saturated rings. The number of carbonyl (C=O) groups is 2. The minimum Gasteiger partial charge on any atom is -0.462 e. The number of benzene rings is 1. The van der Waals surface area contributed by atoms with Crippen LogP contribution in [0.4, 0.5) is 5.69 Å². The van der Waals surface area contributed by atoms with Crippen LogP contribution in [0.2, 0.25) is 0 Å². The number of ether oxygens (including phenoxy) is 1. The summed E-state index contributed by atoms with van der Waals surface area (Å²) in [4.78, 5) is 26.0. The molecule has 0 aliphatic carbocycles. The number of likely N-dealkylation sites (N-methyl/N-ethyl adjacent to an activating group) is 1. The van der Waals surface area contributed by atoms with Crippen molar-refractivity contribution in [3.63, 3.8) is 0 Å². The standard InChI is InChI=1S/C17H26N2O5S/c1-5-7-12-18(3)16(20)13-19(25(4,22)23)15-11-9-8-10-14(15)17(21)24-6-2/h8-11H,5-7,12-13H2,1-4H3. The van der Waals surface area contributed by atoms with E-state index in [1.54, 1.807) is 26.1 Å². The summed E-state index contributed by atoms with van der Waals surface area (Å²) in [7, 11) is -2.13. The number of hydrogen-bond donors (Lipinski definition) is 0. The number of rotatable bonds is 9. The average molecular weight is 370 g/mol. The zero-order valence-corrected chi connectivity index (χ0v) is 16.0. The molecule has 0 spiro atoms. The lowest BCUT2D eigenvalue weighted by Gasteiger charge is -2.26. The van der Waals surface area contributed by atoms with Crippen molar-refractivity contribution in [2.45, 2.75) is 26.7 Å². The van der Waals surface area contributed by atoms with Gasteiger partial charge in [-0.2, -0.15) is 0 Å². The molecule has 140 valence electrons. The van der Waals surface area contributed by atoms with E-state index >= 15 is 0 Å². The first-order valence-electron chi connectivity index (χ1n) is 8.20. The van der Waals surface area contributed by atoms with Crippen LogP contribution in [0.3, 0.4) is 0 Å². The Labute approximate surface area is 149 Å². The molecule has 25 heavy (non-hydrogen) atoms. The number of sulfonamides is 1. The van der Waals surface area contributed by atoms with E-state index in [9.17, 15) is 18.0 Å². The Kier molecular flexibility index (Phi) is 7.89. The molecule has 0 N–H and O–H groups in total. The molecular weight excluding hydrogens is 344 g/mol. The summed E-state index contributed by atoms with van der Waals surface area (Å²) in [5.74, 6) is -0.962. The van der Waals surface area contributed by atoms with Gasteiger partial charge in [0.15, 0.2) is 0 Å². The highest BCUT2D eigenvalue weighted by molar-refractivity contribution is 7.92. The van der Waals surface area contributed by atoms with Crippen LogP contribution in [0.15, 0.2) is 24.3 Å². The van der Waals surface area contributed by atoms with Crippen molar-refractivity contribution < 1.29 is 22.7 Å². The summed E-state index contributed by atoms with van der Waals surface area (Å²) in [5, 5.41) is 0. The molecular formula is C17H26N2O5S. The van der Waals surface area contributed by atoms with E-state index in [1.165, 1.54) is 17.0 Å². The first kappa shape index (κ1) is 21.0. The number of hydrogen-bond acceptors (Lipinski definition) is 5. The van der Waals surface area contributed by atoms with Gasteiger partial charge in [0.1, 0.15) is 6.54 Å². The Balaban J connectivity index is 3.18. The summed E-state index contributed by atoms with van der Waals surface area (Å²) in [5.41, 5.74) is 0.250. The normalized spacial score (nSPS) is 11.0. The minimum absolute atomic E-state index is 0.110. The number of para-hydroxylation sites is 1. The summed E-state index contributed by atoms with van der Waals surface area (Å²) >= 11 is 0. The van der Waals surface area contributed by atoms with Gasteiger partial charge >= 0.3 is 5.97 Å². The summed E-state index contributed by atoms with van der Waals surface area (Å²) in [6, 6.07) is 6.20. The second kappa shape index (κ2) is 9.41. The molecule has 0 aliphatic rings. The van der Waals surface area contributed by atoms with E-state index in [0.29, 0.717) is 6.54 Å². The van der Waals surface area contributed by atoms with Gasteiger partial charge < -0.3 is 9.64 Å². The fourth-order valence-electron chi connectivity index (χ4n) is 2.22. The van der Waals surface area contributed by atoms with E-state index in [-0.39, 0.29) is 30.3 Å². The van der Waals surface area contributed by atoms with Crippen LogP contribution in [0.5, 0.6) is 0 Å². The van der Waals surface area contributed by atoms with E-state index in [4.69, 9.17) is 4.74 Å². The average Bonchev–Trinajstić information content (AvgIpc) is 2.56. The molecule has 1 amide bonds. The van der Waals surface area contributed by atoms with Crippen molar-refractivity contribution in [2.24, 2.45) is 0 Å². The van der Waals surface area contributed by atoms with Crippen LogP contribution < -0.4 is 4.31 Å². The molecule has 0 saturated heterocycles. The number of nitrogens with zero attached hydrogens (tertiary/aromatic N) is 2. The van der Waals surface area contributed by atoms with Gasteiger partial charge in [-0.3, -0.25) is 9.10 Å². The van der Waals surface area contributed by atoms with Gasteiger partial charge in [-0.1, -0.05) is 25.5 Å². The van der Waals surface area contributed by atoms with E-state index < -0.39 is 16.0 Å².